The van der Waals surface area contributed by atoms with Gasteiger partial charge in [-0.3, -0.25) is 19.4 Å². The van der Waals surface area contributed by atoms with Gasteiger partial charge in [0.05, 0.1) is 4.90 Å². The molecular weight excluding hydrogens is 283 g/mol. The highest BCUT2D eigenvalue weighted by Gasteiger charge is 2.13. The first-order chi connectivity index (χ1) is 9.52. The quantitative estimate of drug-likeness (QED) is 0.802. The number of hydrogen-bond donors (Lipinski definition) is 2. The number of nitrogens with one attached hydrogen (secondary N) is 2. The molecule has 0 saturated heterocycles. The maximum atomic E-state index is 13.9. The van der Waals surface area contributed by atoms with E-state index in [1.165, 1.54) is 17.8 Å². The van der Waals surface area contributed by atoms with E-state index in [1.54, 1.807) is 19.2 Å². The Bertz CT molecular complexity index is 741. The molecule has 0 amide bonds. The summed E-state index contributed by atoms with van der Waals surface area (Å²) in [5.41, 5.74) is -0.948. The maximum absolute atomic E-state index is 13.9. The van der Waals surface area contributed by atoms with Crippen LogP contribution < -0.4 is 16.4 Å². The second-order valence-electron chi connectivity index (χ2n) is 4.06. The van der Waals surface area contributed by atoms with Gasteiger partial charge in [0.2, 0.25) is 0 Å². The topological polar surface area (TPSA) is 79.8 Å². The number of hydrogen-bond acceptors (Lipinski definition) is 5. The van der Waals surface area contributed by atoms with Crippen molar-refractivity contribution >= 4 is 11.8 Å². The number of rotatable bonds is 4. The smallest absolute Gasteiger partial charge is 0.316 e. The molecule has 2 N–H and O–H groups in total. The van der Waals surface area contributed by atoms with Gasteiger partial charge in [-0.1, -0.05) is 12.1 Å². The van der Waals surface area contributed by atoms with Crippen LogP contribution in [0.5, 0.6) is 0 Å². The lowest BCUT2D eigenvalue weighted by Gasteiger charge is -2.11. The fourth-order valence-corrected chi connectivity index (χ4v) is 2.57. The summed E-state index contributed by atoms with van der Waals surface area (Å²) in [4.78, 5) is 26.4. The zero-order valence-corrected chi connectivity index (χ0v) is 11.8. The third-order valence-corrected chi connectivity index (χ3v) is 3.77. The molecule has 0 bridgehead atoms. The molecule has 6 nitrogen and oxygen atoms in total. The molecule has 0 aliphatic rings. The van der Waals surface area contributed by atoms with Gasteiger partial charge in [-0.05, 0) is 30.4 Å². The Labute approximate surface area is 118 Å². The van der Waals surface area contributed by atoms with Crippen LogP contribution in [0, 0.1) is 5.82 Å². The first-order valence-corrected chi connectivity index (χ1v) is 6.61. The number of nitrogens with zero attached hydrogens (tertiary/aromatic N) is 2. The molecule has 106 valence electrons. The molecule has 0 spiro atoms. The van der Waals surface area contributed by atoms with Gasteiger partial charge >= 0.3 is 11.1 Å². The van der Waals surface area contributed by atoms with Crippen LogP contribution in [0.3, 0.4) is 0 Å². The average molecular weight is 296 g/mol. The molecule has 0 atom stereocenters. The Morgan fingerprint density at radius 1 is 1.45 bits per heavy atom. The summed E-state index contributed by atoms with van der Waals surface area (Å²) < 4.78 is 15.2. The van der Waals surface area contributed by atoms with Crippen LogP contribution in [0.25, 0.3) is 0 Å². The van der Waals surface area contributed by atoms with E-state index in [4.69, 9.17) is 0 Å². The molecule has 0 radical (unpaired) electrons. The largest absolute Gasteiger partial charge is 0.339 e. The zero-order valence-electron chi connectivity index (χ0n) is 10.9. The van der Waals surface area contributed by atoms with Crippen LogP contribution in [0.2, 0.25) is 0 Å². The molecule has 1 heterocycles. The fraction of sp³-hybridized carbons (Fsp3) is 0.250. The maximum Gasteiger partial charge on any atom is 0.339 e. The molecule has 0 fully saturated rings. The van der Waals surface area contributed by atoms with Crippen LogP contribution >= 0.6 is 11.8 Å². The molecule has 0 aliphatic carbocycles. The molecule has 20 heavy (non-hydrogen) atoms. The molecule has 2 aromatic rings. The van der Waals surface area contributed by atoms with Gasteiger partial charge in [0, 0.05) is 13.6 Å². The first kappa shape index (κ1) is 14.5. The van der Waals surface area contributed by atoms with Crippen molar-refractivity contribution in [2.75, 3.05) is 7.05 Å². The summed E-state index contributed by atoms with van der Waals surface area (Å²) in [6.07, 6.45) is 0. The molecule has 0 saturated carbocycles. The molecular formula is C12H13FN4O2S. The Morgan fingerprint density at radius 2 is 2.20 bits per heavy atom. The van der Waals surface area contributed by atoms with Crippen LogP contribution in [0.4, 0.5) is 4.39 Å². The van der Waals surface area contributed by atoms with Crippen LogP contribution in [-0.4, -0.2) is 21.8 Å². The highest BCUT2D eigenvalue weighted by atomic mass is 32.2. The summed E-state index contributed by atoms with van der Waals surface area (Å²) in [7, 11) is 3.29. The van der Waals surface area contributed by atoms with Gasteiger partial charge in [0.1, 0.15) is 5.82 Å². The minimum absolute atomic E-state index is 0.219. The van der Waals surface area contributed by atoms with E-state index in [0.717, 1.165) is 17.3 Å². The Hall–Kier alpha value is -1.93. The van der Waals surface area contributed by atoms with Crippen LogP contribution in [0.15, 0.2) is 37.8 Å². The standard InChI is InChI=1S/C12H13FN4O2S/c1-14-6-7-4-3-5-8(13)9(7)20-12-15-10(18)11(19)16-17(12)2/h3-5,14H,6H2,1-2H3,(H,16,19). The third-order valence-electron chi connectivity index (χ3n) is 2.56. The lowest BCUT2D eigenvalue weighted by molar-refractivity contribution is 0.583. The van der Waals surface area contributed by atoms with E-state index in [2.05, 4.69) is 15.4 Å². The number of H-pyrrole nitrogens is 1. The number of halogens is 1. The predicted octanol–water partition coefficient (Wildman–Crippen LogP) is 0.478. The monoisotopic (exact) mass is 296 g/mol. The lowest BCUT2D eigenvalue weighted by atomic mass is 10.2. The SMILES string of the molecule is CNCc1cccc(F)c1Sc1nc(=O)c(=O)[nH]n1C. The lowest BCUT2D eigenvalue weighted by Crippen LogP contribution is -2.33. The average Bonchev–Trinajstić information content (AvgIpc) is 2.40. The Kier molecular flexibility index (Phi) is 4.35. The number of aromatic amines is 1. The number of aryl methyl sites for hydroxylation is 1. The van der Waals surface area contributed by atoms with Gasteiger partial charge in [0.15, 0.2) is 5.16 Å². The normalized spacial score (nSPS) is 10.8. The van der Waals surface area contributed by atoms with Crippen molar-refractivity contribution in [1.29, 1.82) is 0 Å². The van der Waals surface area contributed by atoms with Crippen LogP contribution in [0.1, 0.15) is 5.56 Å². The molecule has 1 aromatic carbocycles. The van der Waals surface area contributed by atoms with Crippen molar-refractivity contribution in [1.82, 2.24) is 20.1 Å². The summed E-state index contributed by atoms with van der Waals surface area (Å²) >= 11 is 0.997. The number of benzene rings is 1. The van der Waals surface area contributed by atoms with Crippen molar-refractivity contribution in [3.63, 3.8) is 0 Å². The molecule has 0 unspecified atom stereocenters. The minimum Gasteiger partial charge on any atom is -0.316 e. The van der Waals surface area contributed by atoms with E-state index in [1.807, 2.05) is 0 Å². The van der Waals surface area contributed by atoms with Gasteiger partial charge in [0.25, 0.3) is 0 Å². The summed E-state index contributed by atoms with van der Waals surface area (Å²) in [5.74, 6) is -0.400. The first-order valence-electron chi connectivity index (χ1n) is 5.80. The highest BCUT2D eigenvalue weighted by Crippen LogP contribution is 2.30. The van der Waals surface area contributed by atoms with E-state index < -0.39 is 16.9 Å². The van der Waals surface area contributed by atoms with Crippen molar-refractivity contribution in [2.24, 2.45) is 7.05 Å². The summed E-state index contributed by atoms with van der Waals surface area (Å²) in [6.45, 7) is 0.484. The molecule has 0 aliphatic heterocycles. The number of aromatic nitrogens is 3. The Balaban J connectivity index is 2.47. The van der Waals surface area contributed by atoms with Crippen molar-refractivity contribution in [3.05, 3.63) is 50.3 Å². The molecule has 2 rings (SSSR count). The minimum atomic E-state index is -0.892. The van der Waals surface area contributed by atoms with Gasteiger partial charge in [-0.25, -0.2) is 4.39 Å². The highest BCUT2D eigenvalue weighted by molar-refractivity contribution is 7.99. The van der Waals surface area contributed by atoms with Gasteiger partial charge in [-0.15, -0.1) is 0 Å². The summed E-state index contributed by atoms with van der Waals surface area (Å²) in [5, 5.41) is 5.49. The van der Waals surface area contributed by atoms with Gasteiger partial charge in [-0.2, -0.15) is 4.98 Å². The van der Waals surface area contributed by atoms with E-state index in [-0.39, 0.29) is 5.16 Å². The van der Waals surface area contributed by atoms with Crippen molar-refractivity contribution < 1.29 is 4.39 Å². The van der Waals surface area contributed by atoms with Crippen molar-refractivity contribution in [2.45, 2.75) is 16.6 Å². The molecule has 1 aromatic heterocycles. The second-order valence-corrected chi connectivity index (χ2v) is 5.04. The third kappa shape index (κ3) is 2.97. The zero-order chi connectivity index (χ0) is 14.7. The van der Waals surface area contributed by atoms with E-state index >= 15 is 0 Å². The van der Waals surface area contributed by atoms with Crippen LogP contribution in [-0.2, 0) is 13.6 Å². The second kappa shape index (κ2) is 6.02. The van der Waals surface area contributed by atoms with E-state index in [9.17, 15) is 14.0 Å². The van der Waals surface area contributed by atoms with Gasteiger partial charge < -0.3 is 5.32 Å². The fourth-order valence-electron chi connectivity index (χ4n) is 1.64. The summed E-state index contributed by atoms with van der Waals surface area (Å²) in [6, 6.07) is 4.74. The van der Waals surface area contributed by atoms with Crippen molar-refractivity contribution in [3.8, 4) is 0 Å². The van der Waals surface area contributed by atoms with E-state index in [0.29, 0.717) is 11.4 Å². The Morgan fingerprint density at radius 3 is 2.90 bits per heavy atom. The molecule has 8 heteroatoms. The predicted molar refractivity (Wildman–Crippen MR) is 73.4 cm³/mol.